The van der Waals surface area contributed by atoms with Gasteiger partial charge in [-0.3, -0.25) is 4.79 Å². The molecule has 0 rings (SSSR count). The Balaban J connectivity index is 3.87. The summed E-state index contributed by atoms with van der Waals surface area (Å²) in [6.07, 6.45) is -4.94. The fraction of sp³-hybridized carbons (Fsp3) is 0.714. The van der Waals surface area contributed by atoms with Gasteiger partial charge in [-0.05, 0) is 0 Å². The van der Waals surface area contributed by atoms with Crippen molar-refractivity contribution in [3.05, 3.63) is 0 Å². The smallest absolute Gasteiger partial charge is 0.319 e. The first-order valence-electron chi connectivity index (χ1n) is 4.32. The van der Waals surface area contributed by atoms with E-state index in [1.54, 1.807) is 5.73 Å². The quantitative estimate of drug-likeness (QED) is 0.255. The zero-order valence-corrected chi connectivity index (χ0v) is 7.29. The van der Waals surface area contributed by atoms with Crippen LogP contribution < -0.4 is 5.73 Å². The van der Waals surface area contributed by atoms with Crippen molar-refractivity contribution in [3.8, 4) is 0 Å². The molecule has 0 fully saturated rings. The van der Waals surface area contributed by atoms with E-state index in [-0.39, 0.29) is 12.8 Å². The molecule has 82 valence electrons. The molecular weight excluding hydrogens is 194 g/mol. The van der Waals surface area contributed by atoms with Crippen LogP contribution in [-0.4, -0.2) is 59.0 Å². The van der Waals surface area contributed by atoms with Crippen LogP contribution in [0.15, 0.2) is 0 Å². The zero-order valence-electron chi connectivity index (χ0n) is 8.29. The Hall–Kier alpha value is -1.02. The molecule has 0 saturated heterocycles. The van der Waals surface area contributed by atoms with Gasteiger partial charge in [0.25, 0.3) is 0 Å². The van der Waals surface area contributed by atoms with Crippen LogP contribution in [0.25, 0.3) is 0 Å². The van der Waals surface area contributed by atoms with Crippen molar-refractivity contribution in [1.29, 1.82) is 0 Å². The van der Waals surface area contributed by atoms with Gasteiger partial charge in [0.15, 0.2) is 6.29 Å². The molecule has 0 aromatic carbocycles. The SMILES string of the molecule is [2H]NCC(=O)OC[C@@H](O)[C@@H](O)[C@H](O)C=O. The molecule has 14 heavy (non-hydrogen) atoms. The Kier molecular flexibility index (Phi) is 5.08. The minimum atomic E-state index is -1.73. The molecule has 3 atom stereocenters. The molecule has 5 N–H and O–H groups in total. The monoisotopic (exact) mass is 208 g/mol. The van der Waals surface area contributed by atoms with Crippen LogP contribution in [-0.2, 0) is 14.3 Å². The van der Waals surface area contributed by atoms with E-state index >= 15 is 0 Å². The molecule has 7 nitrogen and oxygen atoms in total. The summed E-state index contributed by atoms with van der Waals surface area (Å²) < 4.78 is 10.9. The van der Waals surface area contributed by atoms with E-state index in [0.29, 0.717) is 0 Å². The second-order valence-corrected chi connectivity index (χ2v) is 2.54. The fourth-order valence-electron chi connectivity index (χ4n) is 0.636. The van der Waals surface area contributed by atoms with Crippen LogP contribution in [0.4, 0.5) is 0 Å². The van der Waals surface area contributed by atoms with Gasteiger partial charge in [0, 0.05) is 0 Å². The van der Waals surface area contributed by atoms with Crippen LogP contribution in [0.5, 0.6) is 0 Å². The predicted molar refractivity (Wildman–Crippen MR) is 44.1 cm³/mol. The number of carbonyl (C=O) groups is 2. The van der Waals surface area contributed by atoms with Gasteiger partial charge < -0.3 is 30.6 Å². The third kappa shape index (κ3) is 4.28. The van der Waals surface area contributed by atoms with E-state index in [2.05, 4.69) is 4.74 Å². The Bertz CT molecular complexity index is 214. The molecule has 0 amide bonds. The van der Waals surface area contributed by atoms with E-state index in [1.165, 1.54) is 0 Å². The topological polar surface area (TPSA) is 130 Å². The highest BCUT2D eigenvalue weighted by Crippen LogP contribution is 1.99. The maximum absolute atomic E-state index is 10.7. The number of esters is 1. The largest absolute Gasteiger partial charge is 0.462 e. The van der Waals surface area contributed by atoms with E-state index in [4.69, 9.17) is 16.7 Å². The molecule has 0 spiro atoms. The third-order valence-electron chi connectivity index (χ3n) is 1.44. The van der Waals surface area contributed by atoms with Crippen LogP contribution >= 0.6 is 0 Å². The Labute approximate surface area is 81.6 Å². The highest BCUT2D eigenvalue weighted by molar-refractivity contribution is 5.71. The summed E-state index contributed by atoms with van der Waals surface area (Å²) in [5, 5.41) is 27.0. The Morgan fingerprint density at radius 1 is 1.57 bits per heavy atom. The first-order chi connectivity index (χ1) is 7.02. The minimum Gasteiger partial charge on any atom is -0.462 e. The first-order valence-corrected chi connectivity index (χ1v) is 3.82. The number of ether oxygens (including phenoxy) is 1. The maximum atomic E-state index is 10.7. The normalized spacial score (nSPS) is 17.8. The van der Waals surface area contributed by atoms with Crippen molar-refractivity contribution in [2.45, 2.75) is 18.3 Å². The third-order valence-corrected chi connectivity index (χ3v) is 1.44. The van der Waals surface area contributed by atoms with E-state index in [0.717, 1.165) is 0 Å². The van der Waals surface area contributed by atoms with E-state index < -0.39 is 30.9 Å². The lowest BCUT2D eigenvalue weighted by Crippen LogP contribution is -2.41. The number of aldehydes is 1. The molecule has 0 aliphatic carbocycles. The molecule has 0 heterocycles. The minimum absolute atomic E-state index is 0.0566. The molecule has 0 aliphatic heterocycles. The van der Waals surface area contributed by atoms with Gasteiger partial charge in [-0.15, -0.1) is 0 Å². The second-order valence-electron chi connectivity index (χ2n) is 2.54. The summed E-state index contributed by atoms with van der Waals surface area (Å²) in [6.45, 7) is -0.925. The standard InChI is InChI=1S/C7H13NO6/c8-1-6(12)14-3-5(11)7(13)4(10)2-9/h2,4-5,7,10-11,13H,1,3,8H2/t4-,5-,7+/m1/s1/i/hD. The van der Waals surface area contributed by atoms with E-state index in [9.17, 15) is 9.59 Å². The maximum Gasteiger partial charge on any atom is 0.319 e. The van der Waals surface area contributed by atoms with Gasteiger partial charge in [0.2, 0.25) is 0 Å². The summed E-state index contributed by atoms with van der Waals surface area (Å²) in [7, 11) is 0. The van der Waals surface area contributed by atoms with Crippen molar-refractivity contribution in [1.82, 2.24) is 0 Å². The van der Waals surface area contributed by atoms with Crippen LogP contribution in [0, 0.1) is 0 Å². The van der Waals surface area contributed by atoms with Crippen LogP contribution in [0.2, 0.25) is 1.41 Å². The van der Waals surface area contributed by atoms with Crippen molar-refractivity contribution >= 4 is 12.3 Å². The molecule has 0 bridgehead atoms. The number of nitrogens with two attached hydrogens (primary N) is 1. The van der Waals surface area contributed by atoms with Gasteiger partial charge in [-0.2, -0.15) is 0 Å². The lowest BCUT2D eigenvalue weighted by molar-refractivity contribution is -0.150. The lowest BCUT2D eigenvalue weighted by atomic mass is 10.1. The second kappa shape index (κ2) is 6.44. The Morgan fingerprint density at radius 3 is 2.71 bits per heavy atom. The van der Waals surface area contributed by atoms with Crippen LogP contribution in [0.1, 0.15) is 0 Å². The van der Waals surface area contributed by atoms with Gasteiger partial charge in [-0.25, -0.2) is 0 Å². The number of hydrogen-bond acceptors (Lipinski definition) is 7. The van der Waals surface area contributed by atoms with Crippen molar-refractivity contribution in [2.24, 2.45) is 5.73 Å². The number of hydrogen-bond donors (Lipinski definition) is 4. The van der Waals surface area contributed by atoms with Gasteiger partial charge in [0.05, 0.1) is 6.54 Å². The molecule has 0 aliphatic rings. The Morgan fingerprint density at radius 2 is 2.21 bits per heavy atom. The molecular formula is C7H13NO6. The van der Waals surface area contributed by atoms with Gasteiger partial charge in [-0.1, -0.05) is 0 Å². The van der Waals surface area contributed by atoms with Crippen molar-refractivity contribution < 1.29 is 31.1 Å². The van der Waals surface area contributed by atoms with Crippen LogP contribution in [0.3, 0.4) is 0 Å². The van der Waals surface area contributed by atoms with Gasteiger partial charge in [0.1, 0.15) is 26.3 Å². The van der Waals surface area contributed by atoms with E-state index in [1.807, 2.05) is 0 Å². The summed E-state index contributed by atoms with van der Waals surface area (Å²) in [4.78, 5) is 20.7. The predicted octanol–water partition coefficient (Wildman–Crippen LogP) is -3.23. The first kappa shape index (κ1) is 11.1. The summed E-state index contributed by atoms with van der Waals surface area (Å²) in [5.74, 6) is -0.795. The number of aliphatic hydroxyl groups excluding tert-OH is 3. The highest BCUT2D eigenvalue weighted by Gasteiger charge is 2.25. The summed E-state index contributed by atoms with van der Waals surface area (Å²) >= 11 is 0. The number of rotatable bonds is 7. The molecule has 0 saturated carbocycles. The lowest BCUT2D eigenvalue weighted by Gasteiger charge is -2.18. The average Bonchev–Trinajstić information content (AvgIpc) is 2.24. The zero-order chi connectivity index (χ0) is 11.8. The fourth-order valence-corrected chi connectivity index (χ4v) is 0.636. The molecule has 7 heteroatoms. The van der Waals surface area contributed by atoms with Gasteiger partial charge >= 0.3 is 5.97 Å². The number of carbonyl (C=O) groups excluding carboxylic acids is 2. The average molecular weight is 208 g/mol. The van der Waals surface area contributed by atoms with Crippen molar-refractivity contribution in [2.75, 3.05) is 13.2 Å². The van der Waals surface area contributed by atoms with Crippen molar-refractivity contribution in [3.63, 3.8) is 0 Å². The molecule has 0 unspecified atom stereocenters. The highest BCUT2D eigenvalue weighted by atomic mass is 16.5. The molecule has 0 aromatic rings. The summed E-state index contributed by atoms with van der Waals surface area (Å²) in [6, 6.07) is 0. The summed E-state index contributed by atoms with van der Waals surface area (Å²) in [5.41, 5.74) is 1.78. The molecule has 0 radical (unpaired) electrons. The number of aliphatic hydroxyl groups is 3. The molecule has 0 aromatic heterocycles.